The molecule has 0 aliphatic rings. The predicted molar refractivity (Wildman–Crippen MR) is 74.3 cm³/mol. The SMILES string of the molecule is Cc1ccc(C#N)cc1NC(C)c1c(F)cccc1F. The van der Waals surface area contributed by atoms with E-state index >= 15 is 0 Å². The Bertz CT molecular complexity index is 654. The number of nitriles is 1. The highest BCUT2D eigenvalue weighted by Gasteiger charge is 2.16. The molecular formula is C16H14F2N2. The first kappa shape index (κ1) is 14.0. The maximum Gasteiger partial charge on any atom is 0.131 e. The van der Waals surface area contributed by atoms with Crippen molar-refractivity contribution >= 4 is 5.69 Å². The molecule has 20 heavy (non-hydrogen) atoms. The number of aryl methyl sites for hydroxylation is 1. The molecule has 1 atom stereocenters. The molecule has 2 aromatic carbocycles. The van der Waals surface area contributed by atoms with E-state index in [0.717, 1.165) is 5.56 Å². The van der Waals surface area contributed by atoms with Crippen LogP contribution in [0.2, 0.25) is 0 Å². The third-order valence-corrected chi connectivity index (χ3v) is 3.17. The Morgan fingerprint density at radius 3 is 2.40 bits per heavy atom. The average molecular weight is 272 g/mol. The lowest BCUT2D eigenvalue weighted by Gasteiger charge is -2.18. The van der Waals surface area contributed by atoms with E-state index in [4.69, 9.17) is 5.26 Å². The molecule has 2 aromatic rings. The van der Waals surface area contributed by atoms with Gasteiger partial charge in [-0.05, 0) is 43.7 Å². The van der Waals surface area contributed by atoms with E-state index in [-0.39, 0.29) is 5.56 Å². The molecule has 0 amide bonds. The van der Waals surface area contributed by atoms with Crippen molar-refractivity contribution < 1.29 is 8.78 Å². The molecule has 0 saturated heterocycles. The lowest BCUT2D eigenvalue weighted by atomic mass is 10.0. The molecule has 0 fully saturated rings. The van der Waals surface area contributed by atoms with E-state index in [0.29, 0.717) is 11.3 Å². The Morgan fingerprint density at radius 1 is 1.15 bits per heavy atom. The molecule has 0 bridgehead atoms. The largest absolute Gasteiger partial charge is 0.378 e. The molecule has 4 heteroatoms. The summed E-state index contributed by atoms with van der Waals surface area (Å²) >= 11 is 0. The lowest BCUT2D eigenvalue weighted by molar-refractivity contribution is 0.544. The summed E-state index contributed by atoms with van der Waals surface area (Å²) in [5.41, 5.74) is 2.10. The van der Waals surface area contributed by atoms with E-state index in [1.807, 2.05) is 13.0 Å². The first-order chi connectivity index (χ1) is 9.52. The Balaban J connectivity index is 2.33. The second-order valence-electron chi connectivity index (χ2n) is 4.64. The molecule has 102 valence electrons. The molecule has 0 aliphatic carbocycles. The zero-order valence-corrected chi connectivity index (χ0v) is 11.2. The van der Waals surface area contributed by atoms with Crippen molar-refractivity contribution in [2.75, 3.05) is 5.32 Å². The van der Waals surface area contributed by atoms with E-state index < -0.39 is 17.7 Å². The van der Waals surface area contributed by atoms with E-state index in [1.54, 1.807) is 25.1 Å². The average Bonchev–Trinajstić information content (AvgIpc) is 2.41. The first-order valence-electron chi connectivity index (χ1n) is 6.24. The number of hydrogen-bond acceptors (Lipinski definition) is 2. The minimum absolute atomic E-state index is 0.00531. The van der Waals surface area contributed by atoms with Crippen molar-refractivity contribution in [1.82, 2.24) is 0 Å². The fourth-order valence-electron chi connectivity index (χ4n) is 2.08. The standard InChI is InChI=1S/C16H14F2N2/c1-10-6-7-12(9-19)8-15(10)20-11(2)16-13(17)4-3-5-14(16)18/h3-8,11,20H,1-2H3. The third-order valence-electron chi connectivity index (χ3n) is 3.17. The van der Waals surface area contributed by atoms with Crippen molar-refractivity contribution in [3.8, 4) is 6.07 Å². The van der Waals surface area contributed by atoms with Gasteiger partial charge in [0.05, 0.1) is 17.7 Å². The summed E-state index contributed by atoms with van der Waals surface area (Å²) in [7, 11) is 0. The summed E-state index contributed by atoms with van der Waals surface area (Å²) in [5, 5.41) is 11.9. The van der Waals surface area contributed by atoms with Gasteiger partial charge in [0.15, 0.2) is 0 Å². The Labute approximate surface area is 116 Å². The van der Waals surface area contributed by atoms with E-state index in [1.165, 1.54) is 18.2 Å². The van der Waals surface area contributed by atoms with Gasteiger partial charge in [-0.1, -0.05) is 12.1 Å². The van der Waals surface area contributed by atoms with Crippen molar-refractivity contribution in [3.05, 3.63) is 64.7 Å². The molecule has 1 unspecified atom stereocenters. The lowest BCUT2D eigenvalue weighted by Crippen LogP contribution is -2.11. The van der Waals surface area contributed by atoms with Crippen molar-refractivity contribution in [2.45, 2.75) is 19.9 Å². The number of halogens is 2. The monoisotopic (exact) mass is 272 g/mol. The van der Waals surface area contributed by atoms with Crippen LogP contribution in [-0.2, 0) is 0 Å². The van der Waals surface area contributed by atoms with Gasteiger partial charge >= 0.3 is 0 Å². The number of anilines is 1. The highest BCUT2D eigenvalue weighted by atomic mass is 19.1. The molecule has 0 saturated carbocycles. The molecular weight excluding hydrogens is 258 g/mol. The van der Waals surface area contributed by atoms with Crippen LogP contribution in [0.1, 0.15) is 29.7 Å². The molecule has 0 radical (unpaired) electrons. The van der Waals surface area contributed by atoms with Crippen LogP contribution in [0.5, 0.6) is 0 Å². The quantitative estimate of drug-likeness (QED) is 0.903. The molecule has 0 spiro atoms. The zero-order chi connectivity index (χ0) is 14.7. The van der Waals surface area contributed by atoms with E-state index in [2.05, 4.69) is 5.32 Å². The van der Waals surface area contributed by atoms with Gasteiger partial charge in [-0.15, -0.1) is 0 Å². The summed E-state index contributed by atoms with van der Waals surface area (Å²) in [4.78, 5) is 0. The fourth-order valence-corrected chi connectivity index (χ4v) is 2.08. The van der Waals surface area contributed by atoms with Crippen LogP contribution < -0.4 is 5.32 Å². The van der Waals surface area contributed by atoms with Crippen LogP contribution in [0.25, 0.3) is 0 Å². The van der Waals surface area contributed by atoms with Gasteiger partial charge in [0.2, 0.25) is 0 Å². The topological polar surface area (TPSA) is 35.8 Å². The summed E-state index contributed by atoms with van der Waals surface area (Å²) in [6.45, 7) is 3.55. The number of nitrogens with zero attached hydrogens (tertiary/aromatic N) is 1. The van der Waals surface area contributed by atoms with Crippen LogP contribution in [0.15, 0.2) is 36.4 Å². The Kier molecular flexibility index (Phi) is 3.99. The predicted octanol–water partition coefficient (Wildman–Crippen LogP) is 4.32. The summed E-state index contributed by atoms with van der Waals surface area (Å²) in [6.07, 6.45) is 0. The highest BCUT2D eigenvalue weighted by molar-refractivity contribution is 5.56. The zero-order valence-electron chi connectivity index (χ0n) is 11.2. The molecule has 1 N–H and O–H groups in total. The third kappa shape index (κ3) is 2.77. The van der Waals surface area contributed by atoms with Gasteiger partial charge in [-0.2, -0.15) is 5.26 Å². The van der Waals surface area contributed by atoms with Gasteiger partial charge in [0.1, 0.15) is 11.6 Å². The van der Waals surface area contributed by atoms with E-state index in [9.17, 15) is 8.78 Å². The summed E-state index contributed by atoms with van der Waals surface area (Å²) < 4.78 is 27.4. The molecule has 0 aromatic heterocycles. The second-order valence-corrected chi connectivity index (χ2v) is 4.64. The molecule has 2 rings (SSSR count). The van der Waals surface area contributed by atoms with Gasteiger partial charge in [0.25, 0.3) is 0 Å². The number of nitrogens with one attached hydrogen (secondary N) is 1. The van der Waals surface area contributed by atoms with Crippen LogP contribution in [0, 0.1) is 29.9 Å². The minimum atomic E-state index is -0.584. The summed E-state index contributed by atoms with van der Waals surface area (Å²) in [5.74, 6) is -1.17. The Morgan fingerprint density at radius 2 is 1.80 bits per heavy atom. The van der Waals surface area contributed by atoms with Crippen LogP contribution in [-0.4, -0.2) is 0 Å². The minimum Gasteiger partial charge on any atom is -0.378 e. The Hall–Kier alpha value is -2.41. The van der Waals surface area contributed by atoms with Crippen molar-refractivity contribution in [1.29, 1.82) is 5.26 Å². The van der Waals surface area contributed by atoms with Crippen molar-refractivity contribution in [2.24, 2.45) is 0 Å². The molecule has 2 nitrogen and oxygen atoms in total. The normalized spacial score (nSPS) is 11.8. The number of rotatable bonds is 3. The van der Waals surface area contributed by atoms with Crippen LogP contribution >= 0.6 is 0 Å². The molecule has 0 aliphatic heterocycles. The second kappa shape index (κ2) is 5.70. The maximum atomic E-state index is 13.7. The van der Waals surface area contributed by atoms with Gasteiger partial charge in [-0.3, -0.25) is 0 Å². The number of hydrogen-bond donors (Lipinski definition) is 1. The molecule has 0 heterocycles. The van der Waals surface area contributed by atoms with Gasteiger partial charge in [0, 0.05) is 11.3 Å². The van der Waals surface area contributed by atoms with Crippen LogP contribution in [0.3, 0.4) is 0 Å². The highest BCUT2D eigenvalue weighted by Crippen LogP contribution is 2.26. The smallest absolute Gasteiger partial charge is 0.131 e. The van der Waals surface area contributed by atoms with Gasteiger partial charge < -0.3 is 5.32 Å². The maximum absolute atomic E-state index is 13.7. The summed E-state index contributed by atoms with van der Waals surface area (Å²) in [6, 6.07) is 10.5. The van der Waals surface area contributed by atoms with Crippen molar-refractivity contribution in [3.63, 3.8) is 0 Å². The fraction of sp³-hybridized carbons (Fsp3) is 0.188. The first-order valence-corrected chi connectivity index (χ1v) is 6.24. The number of benzene rings is 2. The van der Waals surface area contributed by atoms with Gasteiger partial charge in [-0.25, -0.2) is 8.78 Å². The van der Waals surface area contributed by atoms with Crippen LogP contribution in [0.4, 0.5) is 14.5 Å².